The first-order valence-corrected chi connectivity index (χ1v) is 25.6. The zero-order valence-electron chi connectivity index (χ0n) is 18.7. The Morgan fingerprint density at radius 2 is 1.16 bits per heavy atom. The van der Waals surface area contributed by atoms with Gasteiger partial charge in [0, 0.05) is 0 Å². The van der Waals surface area contributed by atoms with Gasteiger partial charge in [0.2, 0.25) is 0 Å². The fraction of sp³-hybridized carbons (Fsp3) is 0.900. The molecule has 2 aliphatic rings. The average Bonchev–Trinajstić information content (AvgIpc) is 2.65. The first-order valence-electron chi connectivity index (χ1n) is 11.5. The summed E-state index contributed by atoms with van der Waals surface area (Å²) < 4.78 is 39.0. The monoisotopic (exact) mass is 625 g/mol. The van der Waals surface area contributed by atoms with Crippen molar-refractivity contribution in [3.63, 3.8) is 0 Å². The van der Waals surface area contributed by atoms with Crippen molar-refractivity contribution in [2.24, 2.45) is 0 Å². The van der Waals surface area contributed by atoms with E-state index in [1.54, 1.807) is 25.7 Å². The van der Waals surface area contributed by atoms with Crippen LogP contribution < -0.4 is 0 Å². The summed E-state index contributed by atoms with van der Waals surface area (Å²) in [6.07, 6.45) is 23.4. The molecule has 0 atom stereocenters. The van der Waals surface area contributed by atoms with Crippen molar-refractivity contribution < 1.29 is 32.8 Å². The second kappa shape index (κ2) is 18.3. The van der Waals surface area contributed by atoms with E-state index in [2.05, 4.69) is 19.9 Å². The predicted octanol–water partition coefficient (Wildman–Crippen LogP) is 11.7. The molecule has 0 heterocycles. The summed E-state index contributed by atoms with van der Waals surface area (Å²) in [5.74, 6) is 0. The van der Waals surface area contributed by atoms with Gasteiger partial charge in [0.15, 0.2) is 0 Å². The normalized spacial score (nSPS) is 19.4. The van der Waals surface area contributed by atoms with Crippen LogP contribution in [0, 0.1) is 0 Å². The van der Waals surface area contributed by atoms with Crippen LogP contribution in [0.15, 0.2) is 11.4 Å². The van der Waals surface area contributed by atoms with Gasteiger partial charge in [-0.05, 0) is 55.2 Å². The van der Waals surface area contributed by atoms with Crippen molar-refractivity contribution in [1.29, 1.82) is 0 Å². The topological polar surface area (TPSA) is 0 Å². The van der Waals surface area contributed by atoms with Crippen molar-refractivity contribution in [3.05, 3.63) is 11.4 Å². The van der Waals surface area contributed by atoms with Crippen molar-refractivity contribution in [2.45, 2.75) is 115 Å². The first kappa shape index (κ1) is 33.0. The number of rotatable bonds is 7. The van der Waals surface area contributed by atoms with Crippen LogP contribution in [-0.2, 0) is 15.5 Å². The molecule has 0 unspecified atom stereocenters. The molecule has 0 radical (unpaired) electrons. The molecule has 2 aliphatic carbocycles. The molecule has 0 aromatic heterocycles. The number of hydrogen-bond acceptors (Lipinski definition) is 0. The Morgan fingerprint density at radius 3 is 1.45 bits per heavy atom. The molecule has 0 aromatic rings. The van der Waals surface area contributed by atoms with Crippen molar-refractivity contribution in [1.82, 2.24) is 0 Å². The summed E-state index contributed by atoms with van der Waals surface area (Å²) in [5, 5.41) is 1.94. The second-order valence-electron chi connectivity index (χ2n) is 8.15. The van der Waals surface area contributed by atoms with Crippen molar-refractivity contribution >= 4 is 49.2 Å². The standard InChI is InChI=1S/C20H37P.BF4.4ClH.Zr/c1-3-5-13-18(12-4-2)21(19-14-8-6-9-15-19)20-16-10-7-11-17-20;2-1(3,4)5;;;;;/h13,19-20H,3-12,14-17H2,1-2H3;;4*1H;/q;-1;;;;;+4/p-4. The van der Waals surface area contributed by atoms with Gasteiger partial charge in [-0.1, -0.05) is 79.2 Å². The Bertz CT molecular complexity index is 439. The first-order chi connectivity index (χ1) is 14.4. The van der Waals surface area contributed by atoms with Gasteiger partial charge in [-0.3, -0.25) is 0 Å². The summed E-state index contributed by atoms with van der Waals surface area (Å²) in [7, 11) is 14.3. The van der Waals surface area contributed by atoms with Gasteiger partial charge < -0.3 is 17.3 Å². The van der Waals surface area contributed by atoms with Crippen LogP contribution in [0.25, 0.3) is 0 Å². The van der Waals surface area contributed by atoms with E-state index < -0.39 is 22.7 Å². The number of allylic oxidation sites excluding steroid dienone is 2. The molecule has 0 spiro atoms. The molecule has 2 rings (SSSR count). The summed E-state index contributed by atoms with van der Waals surface area (Å²) >= 11 is -3.29. The molecule has 186 valence electrons. The van der Waals surface area contributed by atoms with E-state index >= 15 is 0 Å². The van der Waals surface area contributed by atoms with Crippen molar-refractivity contribution in [3.8, 4) is 0 Å². The zero-order valence-corrected chi connectivity index (χ0v) is 25.1. The fourth-order valence-electron chi connectivity index (χ4n) is 4.39. The molecule has 0 saturated heterocycles. The third-order valence-electron chi connectivity index (χ3n) is 5.44. The molecule has 0 amide bonds. The minimum absolute atomic E-state index is 0.183. The van der Waals surface area contributed by atoms with Crippen LogP contribution in [0.2, 0.25) is 0 Å². The predicted molar refractivity (Wildman–Crippen MR) is 132 cm³/mol. The molecule has 11 heteroatoms. The summed E-state index contributed by atoms with van der Waals surface area (Å²) in [6.45, 7) is 4.72. The fourth-order valence-corrected chi connectivity index (χ4v) is 8.59. The number of halogens is 8. The number of unbranched alkanes of at least 4 members (excludes halogenated alkanes) is 1. The Balaban J connectivity index is 0.000000752. The van der Waals surface area contributed by atoms with E-state index in [0.29, 0.717) is 0 Å². The van der Waals surface area contributed by atoms with Crippen LogP contribution in [0.4, 0.5) is 17.3 Å². The van der Waals surface area contributed by atoms with Gasteiger partial charge in [0.1, 0.15) is 0 Å². The number of hydrogen-bond donors (Lipinski definition) is 0. The van der Waals surface area contributed by atoms with E-state index in [-0.39, 0.29) is 7.92 Å². The SMILES string of the molecule is CCCC=C(CCC)P(C1CCCCC1)C1CCCCC1.F[B-](F)(F)F.[Cl][Zr]([Cl])([Cl])[Cl]. The summed E-state index contributed by atoms with van der Waals surface area (Å²) in [4.78, 5) is 0. The van der Waals surface area contributed by atoms with Gasteiger partial charge in [0.05, 0.1) is 0 Å². The molecule has 0 bridgehead atoms. The van der Waals surface area contributed by atoms with Gasteiger partial charge in [-0.25, -0.2) is 0 Å². The van der Waals surface area contributed by atoms with Gasteiger partial charge in [0.25, 0.3) is 0 Å². The van der Waals surface area contributed by atoms with Crippen LogP contribution in [-0.4, -0.2) is 18.6 Å². The van der Waals surface area contributed by atoms with Gasteiger partial charge in [-0.15, -0.1) is 0 Å². The Labute approximate surface area is 207 Å². The molecule has 0 aliphatic heterocycles. The third-order valence-corrected chi connectivity index (χ3v) is 9.12. The zero-order chi connectivity index (χ0) is 23.9. The quantitative estimate of drug-likeness (QED) is 0.150. The van der Waals surface area contributed by atoms with E-state index in [4.69, 9.17) is 34.1 Å². The van der Waals surface area contributed by atoms with Crippen LogP contribution in [0.5, 0.6) is 0 Å². The van der Waals surface area contributed by atoms with E-state index in [1.807, 2.05) is 5.31 Å². The molecule has 0 N–H and O–H groups in total. The molecule has 31 heavy (non-hydrogen) atoms. The summed E-state index contributed by atoms with van der Waals surface area (Å²) in [5.41, 5.74) is 2.18. The molecule has 2 saturated carbocycles. The second-order valence-corrected chi connectivity index (χ2v) is 33.4. The van der Waals surface area contributed by atoms with Crippen molar-refractivity contribution in [2.75, 3.05) is 0 Å². The molecule has 0 aromatic carbocycles. The van der Waals surface area contributed by atoms with Crippen LogP contribution in [0.3, 0.4) is 0 Å². The van der Waals surface area contributed by atoms with Crippen LogP contribution >= 0.6 is 42.0 Å². The van der Waals surface area contributed by atoms with E-state index in [9.17, 15) is 17.3 Å². The molecule has 2 fully saturated rings. The van der Waals surface area contributed by atoms with Gasteiger partial charge in [-0.2, -0.15) is 0 Å². The average molecular weight is 628 g/mol. The Morgan fingerprint density at radius 1 is 0.806 bits per heavy atom. The molecular formula is C20H37BCl4F4PZr-. The Hall–Kier alpha value is 2.00. The van der Waals surface area contributed by atoms with E-state index in [1.165, 1.54) is 64.2 Å². The maximum atomic E-state index is 9.75. The van der Waals surface area contributed by atoms with E-state index in [0.717, 1.165) is 11.3 Å². The third kappa shape index (κ3) is 21.0. The maximum absolute atomic E-state index is 9.75. The molecule has 0 nitrogen and oxygen atoms in total. The van der Waals surface area contributed by atoms with Crippen LogP contribution in [0.1, 0.15) is 104 Å². The molecular weight excluding hydrogens is 591 g/mol. The van der Waals surface area contributed by atoms with Gasteiger partial charge >= 0.3 is 56.8 Å². The Kier molecular flexibility index (Phi) is 19.5. The minimum atomic E-state index is -6.00. The summed E-state index contributed by atoms with van der Waals surface area (Å²) in [6, 6.07) is 0.